The minimum Gasteiger partial charge on any atom is -0.493 e. The SMILES string of the molecule is COc1cc([N+](=O)[O-])ccc1Oc1nc(Cl)ncc1F. The third-order valence-corrected chi connectivity index (χ3v) is 2.43. The van der Waals surface area contributed by atoms with Gasteiger partial charge in [0.2, 0.25) is 11.1 Å². The first-order chi connectivity index (χ1) is 9.51. The highest BCUT2D eigenvalue weighted by Gasteiger charge is 2.15. The van der Waals surface area contributed by atoms with Crippen LogP contribution in [-0.2, 0) is 0 Å². The minimum absolute atomic E-state index is 0.0618. The highest BCUT2D eigenvalue weighted by Crippen LogP contribution is 2.34. The zero-order chi connectivity index (χ0) is 14.7. The molecule has 1 aromatic carbocycles. The fourth-order valence-electron chi connectivity index (χ4n) is 1.36. The van der Waals surface area contributed by atoms with Gasteiger partial charge in [-0.2, -0.15) is 9.37 Å². The average molecular weight is 300 g/mol. The number of nitro groups is 1. The maximum absolute atomic E-state index is 13.4. The smallest absolute Gasteiger partial charge is 0.273 e. The van der Waals surface area contributed by atoms with Gasteiger partial charge in [0.15, 0.2) is 11.5 Å². The number of hydrogen-bond acceptors (Lipinski definition) is 6. The summed E-state index contributed by atoms with van der Waals surface area (Å²) in [5.74, 6) is -1.10. The Morgan fingerprint density at radius 2 is 2.15 bits per heavy atom. The molecule has 0 spiro atoms. The number of non-ortho nitro benzene ring substituents is 1. The van der Waals surface area contributed by atoms with Crippen molar-refractivity contribution in [2.45, 2.75) is 0 Å². The molecular weight excluding hydrogens is 293 g/mol. The van der Waals surface area contributed by atoms with E-state index in [9.17, 15) is 14.5 Å². The van der Waals surface area contributed by atoms with Crippen LogP contribution in [-0.4, -0.2) is 22.0 Å². The standard InChI is InChI=1S/C11H7ClFN3O4/c1-19-9-4-6(16(17)18)2-3-8(9)20-10-7(13)5-14-11(12)15-10/h2-5H,1H3. The lowest BCUT2D eigenvalue weighted by Gasteiger charge is -2.09. The lowest BCUT2D eigenvalue weighted by atomic mass is 10.3. The molecule has 7 nitrogen and oxygen atoms in total. The number of hydrogen-bond donors (Lipinski definition) is 0. The molecule has 0 aliphatic heterocycles. The Hall–Kier alpha value is -2.48. The van der Waals surface area contributed by atoms with Gasteiger partial charge in [0, 0.05) is 6.07 Å². The normalized spacial score (nSPS) is 10.2. The van der Waals surface area contributed by atoms with Gasteiger partial charge < -0.3 is 9.47 Å². The molecule has 0 unspecified atom stereocenters. The van der Waals surface area contributed by atoms with Gasteiger partial charge in [-0.05, 0) is 17.7 Å². The van der Waals surface area contributed by atoms with Gasteiger partial charge in [0.1, 0.15) is 0 Å². The summed E-state index contributed by atoms with van der Waals surface area (Å²) in [5.41, 5.74) is -0.185. The summed E-state index contributed by atoms with van der Waals surface area (Å²) < 4.78 is 23.6. The van der Waals surface area contributed by atoms with Gasteiger partial charge in [-0.15, -0.1) is 0 Å². The van der Waals surface area contributed by atoms with Gasteiger partial charge >= 0.3 is 0 Å². The Kier molecular flexibility index (Phi) is 3.94. The Balaban J connectivity index is 2.38. The van der Waals surface area contributed by atoms with E-state index in [2.05, 4.69) is 9.97 Å². The molecule has 1 heterocycles. The molecule has 0 aliphatic rings. The largest absolute Gasteiger partial charge is 0.493 e. The van der Waals surface area contributed by atoms with Crippen LogP contribution in [0.2, 0.25) is 5.28 Å². The number of ether oxygens (including phenoxy) is 2. The van der Waals surface area contributed by atoms with Crippen molar-refractivity contribution in [2.24, 2.45) is 0 Å². The van der Waals surface area contributed by atoms with E-state index in [0.717, 1.165) is 12.3 Å². The highest BCUT2D eigenvalue weighted by molar-refractivity contribution is 6.28. The summed E-state index contributed by atoms with van der Waals surface area (Å²) in [7, 11) is 1.30. The summed E-state index contributed by atoms with van der Waals surface area (Å²) >= 11 is 5.53. The van der Waals surface area contributed by atoms with E-state index in [1.807, 2.05) is 0 Å². The van der Waals surface area contributed by atoms with Crippen LogP contribution in [0.15, 0.2) is 24.4 Å². The monoisotopic (exact) mass is 299 g/mol. The van der Waals surface area contributed by atoms with Crippen LogP contribution in [0, 0.1) is 15.9 Å². The van der Waals surface area contributed by atoms with Gasteiger partial charge in [-0.3, -0.25) is 10.1 Å². The third kappa shape index (κ3) is 2.91. The molecule has 0 fully saturated rings. The summed E-state index contributed by atoms with van der Waals surface area (Å²) in [5, 5.41) is 10.5. The number of benzene rings is 1. The van der Waals surface area contributed by atoms with Gasteiger partial charge in [-0.25, -0.2) is 4.98 Å². The Bertz CT molecular complexity index is 668. The van der Waals surface area contributed by atoms with Gasteiger partial charge in [0.25, 0.3) is 11.6 Å². The van der Waals surface area contributed by atoms with Gasteiger partial charge in [-0.1, -0.05) is 0 Å². The van der Waals surface area contributed by atoms with Crippen molar-refractivity contribution in [1.82, 2.24) is 9.97 Å². The van der Waals surface area contributed by atoms with Crippen molar-refractivity contribution in [3.8, 4) is 17.4 Å². The first kappa shape index (κ1) is 13.9. The average Bonchev–Trinajstić information content (AvgIpc) is 2.43. The van der Waals surface area contributed by atoms with Crippen molar-refractivity contribution in [3.63, 3.8) is 0 Å². The minimum atomic E-state index is -0.824. The number of halogens is 2. The van der Waals surface area contributed by atoms with Crippen molar-refractivity contribution in [3.05, 3.63) is 45.6 Å². The highest BCUT2D eigenvalue weighted by atomic mass is 35.5. The van der Waals surface area contributed by atoms with Crippen molar-refractivity contribution < 1.29 is 18.8 Å². The molecule has 20 heavy (non-hydrogen) atoms. The predicted molar refractivity (Wildman–Crippen MR) is 66.7 cm³/mol. The number of rotatable bonds is 4. The predicted octanol–water partition coefficient (Wildman–Crippen LogP) is 2.98. The molecule has 104 valence electrons. The van der Waals surface area contributed by atoms with Crippen LogP contribution in [0.4, 0.5) is 10.1 Å². The number of aromatic nitrogens is 2. The van der Waals surface area contributed by atoms with E-state index >= 15 is 0 Å². The summed E-state index contributed by atoms with van der Waals surface area (Å²) in [6.07, 6.45) is 0.850. The van der Waals surface area contributed by atoms with Gasteiger partial charge in [0.05, 0.1) is 24.3 Å². The van der Waals surface area contributed by atoms with E-state index in [4.69, 9.17) is 21.1 Å². The quantitative estimate of drug-likeness (QED) is 0.490. The fraction of sp³-hybridized carbons (Fsp3) is 0.0909. The number of nitro benzene ring substituents is 1. The van der Waals surface area contributed by atoms with Crippen molar-refractivity contribution in [2.75, 3.05) is 7.11 Å². The van der Waals surface area contributed by atoms with E-state index in [1.165, 1.54) is 19.2 Å². The molecule has 0 radical (unpaired) electrons. The zero-order valence-electron chi connectivity index (χ0n) is 10.0. The molecule has 2 aromatic rings. The molecule has 2 rings (SSSR count). The molecule has 0 bridgehead atoms. The second kappa shape index (κ2) is 5.66. The number of nitrogens with zero attached hydrogens (tertiary/aromatic N) is 3. The lowest BCUT2D eigenvalue weighted by Crippen LogP contribution is -1.97. The Morgan fingerprint density at radius 1 is 1.40 bits per heavy atom. The van der Waals surface area contributed by atoms with Crippen molar-refractivity contribution >= 4 is 17.3 Å². The molecule has 9 heteroatoms. The van der Waals surface area contributed by atoms with Crippen LogP contribution in [0.1, 0.15) is 0 Å². The van der Waals surface area contributed by atoms with Crippen LogP contribution in [0.5, 0.6) is 17.4 Å². The summed E-state index contributed by atoms with van der Waals surface area (Å²) in [6.45, 7) is 0. The number of methoxy groups -OCH3 is 1. The maximum atomic E-state index is 13.4. The maximum Gasteiger partial charge on any atom is 0.273 e. The second-order valence-electron chi connectivity index (χ2n) is 3.49. The molecule has 0 saturated heterocycles. The molecule has 0 saturated carbocycles. The lowest BCUT2D eigenvalue weighted by molar-refractivity contribution is -0.384. The van der Waals surface area contributed by atoms with Crippen LogP contribution in [0.3, 0.4) is 0 Å². The van der Waals surface area contributed by atoms with Crippen LogP contribution >= 0.6 is 11.6 Å². The zero-order valence-corrected chi connectivity index (χ0v) is 10.8. The fourth-order valence-corrected chi connectivity index (χ4v) is 1.49. The van der Waals surface area contributed by atoms with E-state index in [-0.39, 0.29) is 22.5 Å². The van der Waals surface area contributed by atoms with E-state index in [1.54, 1.807) is 0 Å². The van der Waals surface area contributed by atoms with E-state index < -0.39 is 16.6 Å². The summed E-state index contributed by atoms with van der Waals surface area (Å²) in [6, 6.07) is 3.61. The van der Waals surface area contributed by atoms with Crippen LogP contribution in [0.25, 0.3) is 0 Å². The first-order valence-corrected chi connectivity index (χ1v) is 5.57. The third-order valence-electron chi connectivity index (χ3n) is 2.25. The molecule has 0 atom stereocenters. The summed E-state index contributed by atoms with van der Waals surface area (Å²) in [4.78, 5) is 17.1. The second-order valence-corrected chi connectivity index (χ2v) is 3.82. The molecule has 0 amide bonds. The first-order valence-electron chi connectivity index (χ1n) is 5.19. The Labute approximate surface area is 117 Å². The van der Waals surface area contributed by atoms with Crippen LogP contribution < -0.4 is 9.47 Å². The Morgan fingerprint density at radius 3 is 2.80 bits per heavy atom. The van der Waals surface area contributed by atoms with E-state index in [0.29, 0.717) is 0 Å². The molecular formula is C11H7ClFN3O4. The topological polar surface area (TPSA) is 87.4 Å². The molecule has 0 N–H and O–H groups in total. The van der Waals surface area contributed by atoms with Crippen molar-refractivity contribution in [1.29, 1.82) is 0 Å². The molecule has 0 aliphatic carbocycles. The molecule has 1 aromatic heterocycles.